The van der Waals surface area contributed by atoms with Gasteiger partial charge in [-0.15, -0.1) is 0 Å². The van der Waals surface area contributed by atoms with Crippen molar-refractivity contribution in [2.24, 2.45) is 12.2 Å². The molecule has 0 amide bonds. The standard InChI is InChI=1S/C11H10FN3O/c1-15-6-5-13-11(15)10(14-16)8-3-2-4-9(12)7-8/h2-7,16H,1H3. The highest BCUT2D eigenvalue weighted by molar-refractivity contribution is 6.10. The molecule has 1 heterocycles. The molecule has 0 bridgehead atoms. The first-order valence-corrected chi connectivity index (χ1v) is 4.68. The van der Waals surface area contributed by atoms with Crippen LogP contribution in [-0.4, -0.2) is 20.5 Å². The van der Waals surface area contributed by atoms with Crippen LogP contribution in [0.25, 0.3) is 0 Å². The Balaban J connectivity index is 2.50. The molecule has 0 unspecified atom stereocenters. The number of hydrogen-bond donors (Lipinski definition) is 1. The molecule has 0 atom stereocenters. The first kappa shape index (κ1) is 10.4. The summed E-state index contributed by atoms with van der Waals surface area (Å²) in [5.41, 5.74) is 0.726. The summed E-state index contributed by atoms with van der Waals surface area (Å²) < 4.78 is 14.7. The van der Waals surface area contributed by atoms with Gasteiger partial charge in [0.2, 0.25) is 0 Å². The second kappa shape index (κ2) is 4.14. The van der Waals surface area contributed by atoms with Gasteiger partial charge in [0.1, 0.15) is 5.82 Å². The normalized spacial score (nSPS) is 11.8. The summed E-state index contributed by atoms with van der Waals surface area (Å²) in [6, 6.07) is 5.84. The van der Waals surface area contributed by atoms with Gasteiger partial charge < -0.3 is 9.77 Å². The summed E-state index contributed by atoms with van der Waals surface area (Å²) in [4.78, 5) is 4.04. The van der Waals surface area contributed by atoms with Crippen LogP contribution < -0.4 is 0 Å². The Morgan fingerprint density at radius 1 is 1.50 bits per heavy atom. The lowest BCUT2D eigenvalue weighted by Gasteiger charge is -2.04. The van der Waals surface area contributed by atoms with E-state index in [1.807, 2.05) is 0 Å². The maximum absolute atomic E-state index is 13.0. The minimum Gasteiger partial charge on any atom is -0.410 e. The van der Waals surface area contributed by atoms with E-state index in [4.69, 9.17) is 5.21 Å². The topological polar surface area (TPSA) is 50.4 Å². The van der Waals surface area contributed by atoms with E-state index in [1.54, 1.807) is 36.1 Å². The van der Waals surface area contributed by atoms with Crippen molar-refractivity contribution in [1.29, 1.82) is 0 Å². The Bertz CT molecular complexity index is 534. The van der Waals surface area contributed by atoms with Crippen molar-refractivity contribution in [1.82, 2.24) is 9.55 Å². The van der Waals surface area contributed by atoms with Gasteiger partial charge in [0.05, 0.1) is 0 Å². The minimum atomic E-state index is -0.382. The monoisotopic (exact) mass is 219 g/mol. The molecule has 0 saturated carbocycles. The van der Waals surface area contributed by atoms with Crippen LogP contribution in [0.1, 0.15) is 11.4 Å². The number of benzene rings is 1. The van der Waals surface area contributed by atoms with Crippen molar-refractivity contribution in [2.75, 3.05) is 0 Å². The van der Waals surface area contributed by atoms with Gasteiger partial charge in [-0.3, -0.25) is 0 Å². The minimum absolute atomic E-state index is 0.243. The summed E-state index contributed by atoms with van der Waals surface area (Å²) in [6.07, 6.45) is 3.31. The zero-order chi connectivity index (χ0) is 11.5. The van der Waals surface area contributed by atoms with E-state index in [0.717, 1.165) is 0 Å². The van der Waals surface area contributed by atoms with Crippen molar-refractivity contribution in [3.63, 3.8) is 0 Å². The quantitative estimate of drug-likeness (QED) is 0.475. The lowest BCUT2D eigenvalue weighted by atomic mass is 10.1. The first-order valence-electron chi connectivity index (χ1n) is 4.68. The molecule has 5 heteroatoms. The molecule has 0 saturated heterocycles. The van der Waals surface area contributed by atoms with E-state index in [1.165, 1.54) is 12.1 Å². The highest BCUT2D eigenvalue weighted by Gasteiger charge is 2.12. The molecule has 4 nitrogen and oxygen atoms in total. The van der Waals surface area contributed by atoms with Crippen molar-refractivity contribution >= 4 is 5.71 Å². The first-order chi connectivity index (χ1) is 7.72. The smallest absolute Gasteiger partial charge is 0.162 e. The number of oxime groups is 1. The Morgan fingerprint density at radius 3 is 2.88 bits per heavy atom. The van der Waals surface area contributed by atoms with E-state index in [2.05, 4.69) is 10.1 Å². The molecule has 2 aromatic rings. The average Bonchev–Trinajstić information content (AvgIpc) is 2.67. The van der Waals surface area contributed by atoms with Crippen LogP contribution in [0.3, 0.4) is 0 Å². The Labute approximate surface area is 91.7 Å². The molecule has 1 N–H and O–H groups in total. The average molecular weight is 219 g/mol. The fraction of sp³-hybridized carbons (Fsp3) is 0.0909. The Hall–Kier alpha value is -2.17. The molecule has 0 spiro atoms. The fourth-order valence-electron chi connectivity index (χ4n) is 1.46. The number of rotatable bonds is 2. The Morgan fingerprint density at radius 2 is 2.31 bits per heavy atom. The lowest BCUT2D eigenvalue weighted by molar-refractivity contribution is 0.319. The van der Waals surface area contributed by atoms with E-state index in [0.29, 0.717) is 11.4 Å². The van der Waals surface area contributed by atoms with Gasteiger partial charge >= 0.3 is 0 Å². The molecule has 1 aromatic heterocycles. The molecule has 0 fully saturated rings. The van der Waals surface area contributed by atoms with Gasteiger partial charge in [0.15, 0.2) is 11.5 Å². The number of nitrogens with zero attached hydrogens (tertiary/aromatic N) is 3. The summed E-state index contributed by atoms with van der Waals surface area (Å²) >= 11 is 0. The van der Waals surface area contributed by atoms with Crippen molar-refractivity contribution < 1.29 is 9.60 Å². The van der Waals surface area contributed by atoms with Crippen LogP contribution in [0.15, 0.2) is 41.8 Å². The molecular weight excluding hydrogens is 209 g/mol. The van der Waals surface area contributed by atoms with Gasteiger partial charge in [-0.25, -0.2) is 9.37 Å². The third kappa shape index (κ3) is 1.79. The third-order valence-corrected chi connectivity index (χ3v) is 2.23. The number of aryl methyl sites for hydroxylation is 1. The molecule has 0 aliphatic heterocycles. The predicted octanol–water partition coefficient (Wildman–Crippen LogP) is 1.79. The lowest BCUT2D eigenvalue weighted by Crippen LogP contribution is -2.10. The number of halogens is 1. The van der Waals surface area contributed by atoms with Crippen LogP contribution in [-0.2, 0) is 7.05 Å². The highest BCUT2D eigenvalue weighted by Crippen LogP contribution is 2.10. The van der Waals surface area contributed by atoms with Crippen molar-refractivity contribution in [3.05, 3.63) is 53.9 Å². The SMILES string of the molecule is Cn1ccnc1C(=NO)c1cccc(F)c1. The van der Waals surface area contributed by atoms with Crippen LogP contribution in [0, 0.1) is 5.82 Å². The number of imidazole rings is 1. The van der Waals surface area contributed by atoms with Gasteiger partial charge in [-0.2, -0.15) is 0 Å². The van der Waals surface area contributed by atoms with Crippen LogP contribution in [0.4, 0.5) is 4.39 Å². The van der Waals surface area contributed by atoms with Gasteiger partial charge in [-0.1, -0.05) is 17.3 Å². The Kier molecular flexibility index (Phi) is 2.68. The summed E-state index contributed by atoms with van der Waals surface area (Å²) in [5, 5.41) is 12.1. The van der Waals surface area contributed by atoms with Crippen molar-refractivity contribution in [3.8, 4) is 0 Å². The number of aromatic nitrogens is 2. The zero-order valence-electron chi connectivity index (χ0n) is 8.63. The maximum atomic E-state index is 13.0. The second-order valence-electron chi connectivity index (χ2n) is 3.32. The van der Waals surface area contributed by atoms with E-state index in [-0.39, 0.29) is 11.5 Å². The van der Waals surface area contributed by atoms with Gasteiger partial charge in [-0.05, 0) is 12.1 Å². The fourth-order valence-corrected chi connectivity index (χ4v) is 1.46. The maximum Gasteiger partial charge on any atom is 0.162 e. The van der Waals surface area contributed by atoms with Gasteiger partial charge in [0, 0.05) is 25.0 Å². The third-order valence-electron chi connectivity index (χ3n) is 2.23. The molecular formula is C11H10FN3O. The summed E-state index contributed by atoms with van der Waals surface area (Å²) in [5.74, 6) is 0.0981. The summed E-state index contributed by atoms with van der Waals surface area (Å²) in [7, 11) is 1.77. The van der Waals surface area contributed by atoms with E-state index in [9.17, 15) is 4.39 Å². The zero-order valence-corrected chi connectivity index (χ0v) is 8.63. The van der Waals surface area contributed by atoms with E-state index >= 15 is 0 Å². The van der Waals surface area contributed by atoms with Gasteiger partial charge in [0.25, 0.3) is 0 Å². The highest BCUT2D eigenvalue weighted by atomic mass is 19.1. The van der Waals surface area contributed by atoms with Crippen LogP contribution in [0.2, 0.25) is 0 Å². The molecule has 2 rings (SSSR count). The van der Waals surface area contributed by atoms with E-state index < -0.39 is 0 Å². The molecule has 16 heavy (non-hydrogen) atoms. The largest absolute Gasteiger partial charge is 0.410 e. The van der Waals surface area contributed by atoms with Crippen molar-refractivity contribution in [2.45, 2.75) is 0 Å². The number of hydrogen-bond acceptors (Lipinski definition) is 3. The molecule has 82 valence electrons. The molecule has 0 aliphatic carbocycles. The van der Waals surface area contributed by atoms with Crippen LogP contribution in [0.5, 0.6) is 0 Å². The second-order valence-corrected chi connectivity index (χ2v) is 3.32. The molecule has 0 radical (unpaired) electrons. The predicted molar refractivity (Wildman–Crippen MR) is 57.0 cm³/mol. The molecule has 0 aliphatic rings. The van der Waals surface area contributed by atoms with Crippen LogP contribution >= 0.6 is 0 Å². The molecule has 1 aromatic carbocycles. The summed E-state index contributed by atoms with van der Waals surface area (Å²) in [6.45, 7) is 0.